The number of aliphatic hydroxyl groups is 1. The van der Waals surface area contributed by atoms with Gasteiger partial charge in [-0.15, -0.1) is 4.98 Å². The Hall–Kier alpha value is -1.48. The molecule has 1 rings (SSSR count). The van der Waals surface area contributed by atoms with Crippen LogP contribution in [0.15, 0.2) is 18.2 Å². The van der Waals surface area contributed by atoms with E-state index in [1.807, 2.05) is 20.8 Å². The van der Waals surface area contributed by atoms with E-state index in [1.165, 1.54) is 0 Å². The zero-order valence-electron chi connectivity index (χ0n) is 10.3. The van der Waals surface area contributed by atoms with E-state index < -0.39 is 11.6 Å². The zero-order valence-corrected chi connectivity index (χ0v) is 10.3. The van der Waals surface area contributed by atoms with E-state index in [9.17, 15) is 10.3 Å². The number of hydroxylamine groups is 2. The normalized spacial score (nSPS) is 13.5. The molecule has 5 nitrogen and oxygen atoms in total. The number of pyridine rings is 1. The highest BCUT2D eigenvalue weighted by atomic mass is 16.5. The van der Waals surface area contributed by atoms with Crippen LogP contribution in [0.3, 0.4) is 0 Å². The average molecular weight is 235 g/mol. The minimum absolute atomic E-state index is 0.0535. The smallest absolute Gasteiger partial charge is 0.269 e. The van der Waals surface area contributed by atoms with Crippen LogP contribution in [0.4, 0.5) is 5.82 Å². The molecule has 1 aromatic heterocycles. The summed E-state index contributed by atoms with van der Waals surface area (Å²) in [5.41, 5.74) is -0.0555. The molecule has 0 spiro atoms. The summed E-state index contributed by atoms with van der Waals surface area (Å²) in [7, 11) is 0. The lowest BCUT2D eigenvalue weighted by Crippen LogP contribution is -2.41. The first-order chi connectivity index (χ1) is 7.84. The van der Waals surface area contributed by atoms with Gasteiger partial charge in [-0.05, 0) is 32.9 Å². The van der Waals surface area contributed by atoms with E-state index in [0.29, 0.717) is 5.69 Å². The van der Waals surface area contributed by atoms with Gasteiger partial charge in [0.2, 0.25) is 0 Å². The Kier molecular flexibility index (Phi) is 4.18. The van der Waals surface area contributed by atoms with Crippen molar-refractivity contribution in [3.05, 3.63) is 35.3 Å². The standard InChI is InChI=1S/C12H17N3O2/c1-12(2,3)15(17)8-10(16)9-6-5-7-11(13-4)14-9/h5-7,10,16-17H,8H2,1-3H3/t10-/m0/s1. The van der Waals surface area contributed by atoms with Crippen molar-refractivity contribution in [2.45, 2.75) is 32.4 Å². The molecule has 0 saturated heterocycles. The largest absolute Gasteiger partial charge is 0.383 e. The van der Waals surface area contributed by atoms with Gasteiger partial charge in [-0.3, -0.25) is 0 Å². The number of rotatable bonds is 3. The molecular formula is C12H17N3O2. The number of hydrogen-bond acceptors (Lipinski definition) is 4. The predicted octanol–water partition coefficient (Wildman–Crippen LogP) is 2.16. The summed E-state index contributed by atoms with van der Waals surface area (Å²) in [6.45, 7) is 12.4. The molecule has 0 aliphatic carbocycles. The second-order valence-corrected chi connectivity index (χ2v) is 4.80. The third-order valence-corrected chi connectivity index (χ3v) is 2.33. The van der Waals surface area contributed by atoms with Crippen molar-refractivity contribution in [3.63, 3.8) is 0 Å². The van der Waals surface area contributed by atoms with E-state index in [-0.39, 0.29) is 12.4 Å². The Bertz CT molecular complexity index is 420. The van der Waals surface area contributed by atoms with Crippen molar-refractivity contribution in [2.75, 3.05) is 6.54 Å². The van der Waals surface area contributed by atoms with Crippen molar-refractivity contribution in [1.29, 1.82) is 0 Å². The van der Waals surface area contributed by atoms with Crippen molar-refractivity contribution in [1.82, 2.24) is 10.0 Å². The summed E-state index contributed by atoms with van der Waals surface area (Å²) in [6.07, 6.45) is -0.916. The van der Waals surface area contributed by atoms with E-state index >= 15 is 0 Å². The van der Waals surface area contributed by atoms with Gasteiger partial charge in [-0.2, -0.15) is 5.06 Å². The van der Waals surface area contributed by atoms with Crippen molar-refractivity contribution < 1.29 is 10.3 Å². The van der Waals surface area contributed by atoms with Crippen molar-refractivity contribution in [3.8, 4) is 0 Å². The van der Waals surface area contributed by atoms with Crippen molar-refractivity contribution in [2.24, 2.45) is 0 Å². The van der Waals surface area contributed by atoms with Crippen LogP contribution in [0.1, 0.15) is 32.6 Å². The first-order valence-corrected chi connectivity index (χ1v) is 5.33. The maximum Gasteiger partial charge on any atom is 0.269 e. The highest BCUT2D eigenvalue weighted by Crippen LogP contribution is 2.19. The van der Waals surface area contributed by atoms with E-state index in [1.54, 1.807) is 18.2 Å². The topological polar surface area (TPSA) is 61.0 Å². The molecule has 0 bridgehead atoms. The molecule has 0 saturated carbocycles. The second-order valence-electron chi connectivity index (χ2n) is 4.80. The number of aromatic nitrogens is 1. The van der Waals surface area contributed by atoms with Crippen LogP contribution >= 0.6 is 0 Å². The van der Waals surface area contributed by atoms with Crippen LogP contribution in [0.25, 0.3) is 4.85 Å². The van der Waals surface area contributed by atoms with Gasteiger partial charge in [-0.1, -0.05) is 12.6 Å². The summed E-state index contributed by atoms with van der Waals surface area (Å²) in [5, 5.41) is 20.7. The minimum Gasteiger partial charge on any atom is -0.383 e. The average Bonchev–Trinajstić information content (AvgIpc) is 2.27. The fourth-order valence-electron chi connectivity index (χ4n) is 1.22. The fourth-order valence-corrected chi connectivity index (χ4v) is 1.22. The first kappa shape index (κ1) is 13.6. The monoisotopic (exact) mass is 235 g/mol. The highest BCUT2D eigenvalue weighted by Gasteiger charge is 2.24. The summed E-state index contributed by atoms with van der Waals surface area (Å²) >= 11 is 0. The van der Waals surface area contributed by atoms with E-state index in [2.05, 4.69) is 9.83 Å². The van der Waals surface area contributed by atoms with Crippen LogP contribution in [-0.2, 0) is 0 Å². The Balaban J connectivity index is 2.77. The highest BCUT2D eigenvalue weighted by molar-refractivity contribution is 5.36. The Labute approximate surface area is 101 Å². The summed E-state index contributed by atoms with van der Waals surface area (Å²) in [4.78, 5) is 7.18. The maximum atomic E-state index is 9.91. The van der Waals surface area contributed by atoms with Gasteiger partial charge in [0.05, 0.1) is 6.54 Å². The van der Waals surface area contributed by atoms with Gasteiger partial charge < -0.3 is 15.2 Å². The lowest BCUT2D eigenvalue weighted by Gasteiger charge is -2.30. The molecule has 5 heteroatoms. The molecule has 0 unspecified atom stereocenters. The molecule has 0 aliphatic rings. The Morgan fingerprint density at radius 3 is 2.65 bits per heavy atom. The van der Waals surface area contributed by atoms with E-state index in [0.717, 1.165) is 5.06 Å². The quantitative estimate of drug-likeness (QED) is 0.622. The molecule has 1 heterocycles. The molecule has 0 fully saturated rings. The summed E-state index contributed by atoms with van der Waals surface area (Å²) in [5.74, 6) is 0.238. The van der Waals surface area contributed by atoms with Crippen LogP contribution < -0.4 is 0 Å². The third kappa shape index (κ3) is 3.79. The Morgan fingerprint density at radius 1 is 1.47 bits per heavy atom. The molecule has 2 N–H and O–H groups in total. The molecule has 17 heavy (non-hydrogen) atoms. The van der Waals surface area contributed by atoms with Crippen LogP contribution in [0, 0.1) is 6.57 Å². The maximum absolute atomic E-state index is 9.91. The number of nitrogens with zero attached hydrogens (tertiary/aromatic N) is 3. The zero-order chi connectivity index (χ0) is 13.1. The number of aliphatic hydroxyl groups excluding tert-OH is 1. The second kappa shape index (κ2) is 5.23. The van der Waals surface area contributed by atoms with E-state index in [4.69, 9.17) is 6.57 Å². The Morgan fingerprint density at radius 2 is 2.12 bits per heavy atom. The van der Waals surface area contributed by atoms with Crippen LogP contribution in [-0.4, -0.2) is 32.4 Å². The van der Waals surface area contributed by atoms with Gasteiger partial charge >= 0.3 is 0 Å². The molecule has 92 valence electrons. The van der Waals surface area contributed by atoms with Gasteiger partial charge in [0.15, 0.2) is 5.69 Å². The molecule has 1 atom stereocenters. The SMILES string of the molecule is [C-]#[N+]c1cccc([C@@H](O)CN(O)C(C)(C)C)n1. The summed E-state index contributed by atoms with van der Waals surface area (Å²) in [6, 6.07) is 4.87. The van der Waals surface area contributed by atoms with Crippen LogP contribution in [0.2, 0.25) is 0 Å². The minimum atomic E-state index is -0.916. The van der Waals surface area contributed by atoms with Crippen molar-refractivity contribution >= 4 is 5.82 Å². The van der Waals surface area contributed by atoms with Gasteiger partial charge in [0, 0.05) is 5.54 Å². The predicted molar refractivity (Wildman–Crippen MR) is 63.7 cm³/mol. The van der Waals surface area contributed by atoms with Crippen LogP contribution in [0.5, 0.6) is 0 Å². The van der Waals surface area contributed by atoms with Gasteiger partial charge in [0.25, 0.3) is 5.82 Å². The van der Waals surface area contributed by atoms with Gasteiger partial charge in [-0.25, -0.2) is 0 Å². The molecule has 0 amide bonds. The fraction of sp³-hybridized carbons (Fsp3) is 0.500. The first-order valence-electron chi connectivity index (χ1n) is 5.33. The molecule has 0 aliphatic heterocycles. The summed E-state index contributed by atoms with van der Waals surface area (Å²) < 4.78 is 0. The number of β-amino-alcohol motifs (C(OH)–C–C–N with tert-alkyl or cyclic N) is 1. The molecule has 0 radical (unpaired) electrons. The molecule has 1 aromatic rings. The lowest BCUT2D eigenvalue weighted by molar-refractivity contribution is -0.172. The van der Waals surface area contributed by atoms with Gasteiger partial charge in [0.1, 0.15) is 6.10 Å². The lowest BCUT2D eigenvalue weighted by atomic mass is 10.1. The molecule has 0 aromatic carbocycles. The molecular weight excluding hydrogens is 218 g/mol. The third-order valence-electron chi connectivity index (χ3n) is 2.33. The number of hydrogen-bond donors (Lipinski definition) is 2.